The third kappa shape index (κ3) is 6.60. The first-order valence-corrected chi connectivity index (χ1v) is 7.65. The van der Waals surface area contributed by atoms with Crippen LogP contribution in [0.25, 0.3) is 0 Å². The Balaban J connectivity index is 2.42. The van der Waals surface area contributed by atoms with Crippen molar-refractivity contribution in [1.82, 2.24) is 4.90 Å². The summed E-state index contributed by atoms with van der Waals surface area (Å²) in [5.74, 6) is 0.826. The monoisotopic (exact) mass is 298 g/mol. The van der Waals surface area contributed by atoms with Crippen LogP contribution in [0.15, 0.2) is 24.3 Å². The van der Waals surface area contributed by atoms with Gasteiger partial charge in [0.2, 0.25) is 0 Å². The van der Waals surface area contributed by atoms with Crippen LogP contribution >= 0.6 is 11.6 Å². The van der Waals surface area contributed by atoms with Crippen molar-refractivity contribution in [1.29, 1.82) is 0 Å². The molecule has 0 aromatic heterocycles. The van der Waals surface area contributed by atoms with Crippen molar-refractivity contribution in [2.45, 2.75) is 27.2 Å². The number of hydrogen-bond acceptors (Lipinski definition) is 3. The average Bonchev–Trinajstić information content (AvgIpc) is 2.39. The van der Waals surface area contributed by atoms with Gasteiger partial charge in [0.05, 0.1) is 0 Å². The van der Waals surface area contributed by atoms with E-state index in [-0.39, 0.29) is 5.41 Å². The van der Waals surface area contributed by atoms with Gasteiger partial charge in [-0.05, 0) is 43.1 Å². The summed E-state index contributed by atoms with van der Waals surface area (Å²) < 4.78 is 5.75. The fraction of sp³-hybridized carbons (Fsp3) is 0.625. The van der Waals surface area contributed by atoms with Crippen LogP contribution in [0.4, 0.5) is 0 Å². The van der Waals surface area contributed by atoms with Crippen LogP contribution in [-0.4, -0.2) is 37.7 Å². The Labute approximate surface area is 128 Å². The Morgan fingerprint density at radius 1 is 1.30 bits per heavy atom. The quantitative estimate of drug-likeness (QED) is 0.759. The van der Waals surface area contributed by atoms with Crippen LogP contribution < -0.4 is 10.5 Å². The molecule has 0 heterocycles. The maximum Gasteiger partial charge on any atom is 0.120 e. The second-order valence-electron chi connectivity index (χ2n) is 5.95. The molecule has 0 saturated carbocycles. The van der Waals surface area contributed by atoms with E-state index in [1.807, 2.05) is 24.3 Å². The predicted octanol–water partition coefficient (Wildman–Crippen LogP) is 3.42. The van der Waals surface area contributed by atoms with E-state index in [0.29, 0.717) is 18.2 Å². The molecular weight excluding hydrogens is 272 g/mol. The maximum atomic E-state index is 5.94. The van der Waals surface area contributed by atoms with E-state index in [1.54, 1.807) is 0 Å². The summed E-state index contributed by atoms with van der Waals surface area (Å²) in [5, 5.41) is 0.706. The lowest BCUT2D eigenvalue weighted by Gasteiger charge is -2.31. The summed E-state index contributed by atoms with van der Waals surface area (Å²) in [6.07, 6.45) is 1.14. The van der Waals surface area contributed by atoms with Crippen molar-refractivity contribution in [2.24, 2.45) is 11.1 Å². The lowest BCUT2D eigenvalue weighted by molar-refractivity contribution is 0.154. The van der Waals surface area contributed by atoms with E-state index in [9.17, 15) is 0 Å². The highest BCUT2D eigenvalue weighted by atomic mass is 35.5. The van der Waals surface area contributed by atoms with Gasteiger partial charge in [0.25, 0.3) is 0 Å². The van der Waals surface area contributed by atoms with Crippen molar-refractivity contribution in [3.05, 3.63) is 29.3 Å². The molecule has 0 aliphatic rings. The van der Waals surface area contributed by atoms with Gasteiger partial charge >= 0.3 is 0 Å². The van der Waals surface area contributed by atoms with Crippen molar-refractivity contribution < 1.29 is 4.74 Å². The third-order valence-electron chi connectivity index (χ3n) is 3.22. The minimum absolute atomic E-state index is 0.144. The van der Waals surface area contributed by atoms with Gasteiger partial charge in [-0.15, -0.1) is 0 Å². The largest absolute Gasteiger partial charge is 0.492 e. The van der Waals surface area contributed by atoms with Gasteiger partial charge in [-0.25, -0.2) is 0 Å². The van der Waals surface area contributed by atoms with Gasteiger partial charge in [-0.3, -0.25) is 4.90 Å². The Morgan fingerprint density at radius 3 is 2.65 bits per heavy atom. The molecule has 20 heavy (non-hydrogen) atoms. The fourth-order valence-corrected chi connectivity index (χ4v) is 2.29. The summed E-state index contributed by atoms with van der Waals surface area (Å²) in [6, 6.07) is 7.52. The molecule has 1 aromatic carbocycles. The van der Waals surface area contributed by atoms with E-state index in [0.717, 1.165) is 31.8 Å². The van der Waals surface area contributed by atoms with Crippen molar-refractivity contribution in [3.8, 4) is 5.75 Å². The lowest BCUT2D eigenvalue weighted by atomic mass is 9.93. The first-order valence-electron chi connectivity index (χ1n) is 7.27. The van der Waals surface area contributed by atoms with Crippen molar-refractivity contribution >= 4 is 11.6 Å². The van der Waals surface area contributed by atoms with E-state index in [2.05, 4.69) is 25.7 Å². The first kappa shape index (κ1) is 17.3. The summed E-state index contributed by atoms with van der Waals surface area (Å²) in [5.41, 5.74) is 5.96. The molecule has 0 saturated heterocycles. The van der Waals surface area contributed by atoms with E-state index >= 15 is 0 Å². The molecule has 114 valence electrons. The molecule has 3 nitrogen and oxygen atoms in total. The normalized spacial score (nSPS) is 11.9. The van der Waals surface area contributed by atoms with Crippen LogP contribution in [0.1, 0.15) is 27.2 Å². The topological polar surface area (TPSA) is 38.5 Å². The van der Waals surface area contributed by atoms with Crippen LogP contribution in [0, 0.1) is 5.41 Å². The van der Waals surface area contributed by atoms with Gasteiger partial charge in [-0.1, -0.05) is 38.4 Å². The number of halogens is 1. The molecule has 0 bridgehead atoms. The number of ether oxygens (including phenoxy) is 1. The number of nitrogens with zero attached hydrogens (tertiary/aromatic N) is 1. The predicted molar refractivity (Wildman–Crippen MR) is 86.5 cm³/mol. The third-order valence-corrected chi connectivity index (χ3v) is 3.45. The molecule has 0 aliphatic heterocycles. The van der Waals surface area contributed by atoms with Gasteiger partial charge < -0.3 is 10.5 Å². The van der Waals surface area contributed by atoms with Crippen molar-refractivity contribution in [2.75, 3.05) is 32.8 Å². The summed E-state index contributed by atoms with van der Waals surface area (Å²) in [7, 11) is 0. The number of hydrogen-bond donors (Lipinski definition) is 1. The SMILES string of the molecule is CCCN(CCOc1cccc(Cl)c1)CC(C)(C)CN. The van der Waals surface area contributed by atoms with Crippen LogP contribution in [0.5, 0.6) is 5.75 Å². The average molecular weight is 299 g/mol. The van der Waals surface area contributed by atoms with Gasteiger partial charge in [0.1, 0.15) is 12.4 Å². The van der Waals surface area contributed by atoms with E-state index in [1.165, 1.54) is 0 Å². The highest BCUT2D eigenvalue weighted by Crippen LogP contribution is 2.18. The summed E-state index contributed by atoms with van der Waals surface area (Å²) in [4.78, 5) is 2.41. The molecule has 0 fully saturated rings. The number of benzene rings is 1. The molecular formula is C16H27ClN2O. The van der Waals surface area contributed by atoms with Crippen LogP contribution in [0.3, 0.4) is 0 Å². The van der Waals surface area contributed by atoms with Crippen molar-refractivity contribution in [3.63, 3.8) is 0 Å². The van der Waals surface area contributed by atoms with Crippen LogP contribution in [-0.2, 0) is 0 Å². The molecule has 0 spiro atoms. The minimum Gasteiger partial charge on any atom is -0.492 e. The molecule has 0 radical (unpaired) electrons. The smallest absolute Gasteiger partial charge is 0.120 e. The molecule has 0 unspecified atom stereocenters. The maximum absolute atomic E-state index is 5.94. The first-order chi connectivity index (χ1) is 9.46. The molecule has 0 aliphatic carbocycles. The molecule has 1 rings (SSSR count). The highest BCUT2D eigenvalue weighted by Gasteiger charge is 2.19. The Hall–Kier alpha value is -0.770. The zero-order valence-electron chi connectivity index (χ0n) is 12.9. The highest BCUT2D eigenvalue weighted by molar-refractivity contribution is 6.30. The number of nitrogens with two attached hydrogens (primary N) is 1. The minimum atomic E-state index is 0.144. The molecule has 2 N–H and O–H groups in total. The zero-order valence-corrected chi connectivity index (χ0v) is 13.6. The van der Waals surface area contributed by atoms with Gasteiger partial charge in [0.15, 0.2) is 0 Å². The number of rotatable bonds is 9. The lowest BCUT2D eigenvalue weighted by Crippen LogP contribution is -2.40. The zero-order chi connectivity index (χ0) is 15.0. The Morgan fingerprint density at radius 2 is 2.05 bits per heavy atom. The fourth-order valence-electron chi connectivity index (χ4n) is 2.11. The Kier molecular flexibility index (Phi) is 7.35. The van der Waals surface area contributed by atoms with Gasteiger partial charge in [-0.2, -0.15) is 0 Å². The van der Waals surface area contributed by atoms with E-state index < -0.39 is 0 Å². The van der Waals surface area contributed by atoms with E-state index in [4.69, 9.17) is 22.1 Å². The molecule has 0 amide bonds. The second-order valence-corrected chi connectivity index (χ2v) is 6.39. The van der Waals surface area contributed by atoms with Gasteiger partial charge in [0, 0.05) is 18.1 Å². The summed E-state index contributed by atoms with van der Waals surface area (Å²) in [6.45, 7) is 10.9. The molecule has 1 aromatic rings. The standard InChI is InChI=1S/C16H27ClN2O/c1-4-8-19(13-16(2,3)12-18)9-10-20-15-7-5-6-14(17)11-15/h5-7,11H,4,8-10,12-13,18H2,1-3H3. The summed E-state index contributed by atoms with van der Waals surface area (Å²) >= 11 is 5.94. The molecule has 0 atom stereocenters. The molecule has 4 heteroatoms. The van der Waals surface area contributed by atoms with Crippen LogP contribution in [0.2, 0.25) is 5.02 Å². The Bertz CT molecular complexity index is 396. The second kappa shape index (κ2) is 8.50.